The van der Waals surface area contributed by atoms with E-state index >= 15 is 0 Å². The molecule has 98 valence electrons. The van der Waals surface area contributed by atoms with Crippen molar-refractivity contribution in [2.24, 2.45) is 40.9 Å². The second-order valence-electron chi connectivity index (χ2n) is 8.14. The second kappa shape index (κ2) is 4.00. The van der Waals surface area contributed by atoms with Crippen LogP contribution in [-0.2, 0) is 0 Å². The van der Waals surface area contributed by atoms with Gasteiger partial charge in [-0.3, -0.25) is 0 Å². The van der Waals surface area contributed by atoms with Crippen LogP contribution in [0, 0.1) is 40.9 Å². The average molecular weight is 234 g/mol. The van der Waals surface area contributed by atoms with Crippen LogP contribution in [0.2, 0.25) is 0 Å². The van der Waals surface area contributed by atoms with Crippen LogP contribution in [0.1, 0.15) is 66.2 Å². The van der Waals surface area contributed by atoms with E-state index in [0.29, 0.717) is 5.41 Å². The highest BCUT2D eigenvalue weighted by Gasteiger charge is 2.56. The van der Waals surface area contributed by atoms with Crippen molar-refractivity contribution in [3.8, 4) is 0 Å². The predicted octanol–water partition coefficient (Wildman–Crippen LogP) is 5.13. The summed E-state index contributed by atoms with van der Waals surface area (Å²) in [6, 6.07) is 0. The quantitative estimate of drug-likeness (QED) is 0.590. The molecule has 0 heterocycles. The van der Waals surface area contributed by atoms with E-state index in [1.807, 2.05) is 0 Å². The Labute approximate surface area is 108 Å². The monoisotopic (exact) mass is 234 g/mol. The number of hydrogen-bond donors (Lipinski definition) is 0. The first-order valence-electron chi connectivity index (χ1n) is 8.00. The van der Waals surface area contributed by atoms with Gasteiger partial charge in [0.15, 0.2) is 0 Å². The predicted molar refractivity (Wildman–Crippen MR) is 73.8 cm³/mol. The first-order chi connectivity index (χ1) is 8.00. The van der Waals surface area contributed by atoms with E-state index in [9.17, 15) is 0 Å². The van der Waals surface area contributed by atoms with Crippen molar-refractivity contribution < 1.29 is 0 Å². The maximum absolute atomic E-state index is 2.54. The molecular weight excluding hydrogens is 204 g/mol. The Bertz CT molecular complexity index is 286. The third-order valence-electron chi connectivity index (χ3n) is 7.11. The fourth-order valence-corrected chi connectivity index (χ4v) is 5.62. The van der Waals surface area contributed by atoms with Crippen molar-refractivity contribution >= 4 is 0 Å². The fourth-order valence-electron chi connectivity index (χ4n) is 5.62. The Morgan fingerprint density at radius 3 is 2.18 bits per heavy atom. The molecule has 0 amide bonds. The molecule has 0 nitrogen and oxygen atoms in total. The average Bonchev–Trinajstić information content (AvgIpc) is 2.79. The summed E-state index contributed by atoms with van der Waals surface area (Å²) in [4.78, 5) is 0. The van der Waals surface area contributed by atoms with Crippen LogP contribution < -0.4 is 0 Å². The minimum absolute atomic E-state index is 0.640. The van der Waals surface area contributed by atoms with E-state index in [4.69, 9.17) is 0 Å². The largest absolute Gasteiger partial charge is 0.0625 e. The Morgan fingerprint density at radius 1 is 0.882 bits per heavy atom. The van der Waals surface area contributed by atoms with Crippen molar-refractivity contribution in [2.75, 3.05) is 0 Å². The van der Waals surface area contributed by atoms with Crippen LogP contribution in [0.15, 0.2) is 0 Å². The maximum atomic E-state index is 2.54. The Morgan fingerprint density at radius 2 is 1.59 bits per heavy atom. The molecule has 0 saturated heterocycles. The Balaban J connectivity index is 1.72. The van der Waals surface area contributed by atoms with Gasteiger partial charge in [0.25, 0.3) is 0 Å². The van der Waals surface area contributed by atoms with Crippen molar-refractivity contribution in [2.45, 2.75) is 66.2 Å². The molecular formula is C17H30. The van der Waals surface area contributed by atoms with Gasteiger partial charge in [-0.2, -0.15) is 0 Å². The lowest BCUT2D eigenvalue weighted by Gasteiger charge is -2.44. The summed E-state index contributed by atoms with van der Waals surface area (Å²) in [5.41, 5.74) is 0.640. The minimum atomic E-state index is 0.640. The van der Waals surface area contributed by atoms with Crippen molar-refractivity contribution in [3.63, 3.8) is 0 Å². The molecule has 0 aromatic rings. The molecule has 0 spiro atoms. The molecule has 3 aliphatic carbocycles. The standard InChI is InChI=1S/C17H30/c1-11-6-5-7-13(8-11)16-10-14-9-15(16)12(2)17(14,3)4/h11-16H,5-10H2,1-4H3. The van der Waals surface area contributed by atoms with Gasteiger partial charge in [-0.05, 0) is 60.2 Å². The number of hydrogen-bond acceptors (Lipinski definition) is 0. The molecule has 17 heavy (non-hydrogen) atoms. The van der Waals surface area contributed by atoms with Crippen LogP contribution in [0.25, 0.3) is 0 Å². The summed E-state index contributed by atoms with van der Waals surface area (Å²) >= 11 is 0. The fraction of sp³-hybridized carbons (Fsp3) is 1.00. The highest BCUT2D eigenvalue weighted by atomic mass is 14.6. The van der Waals surface area contributed by atoms with Gasteiger partial charge in [-0.1, -0.05) is 47.0 Å². The van der Waals surface area contributed by atoms with E-state index in [2.05, 4.69) is 27.7 Å². The van der Waals surface area contributed by atoms with Crippen molar-refractivity contribution in [1.29, 1.82) is 0 Å². The molecule has 0 heteroatoms. The first-order valence-corrected chi connectivity index (χ1v) is 8.00. The summed E-state index contributed by atoms with van der Waals surface area (Å²) < 4.78 is 0. The zero-order valence-electron chi connectivity index (χ0n) is 12.2. The van der Waals surface area contributed by atoms with Crippen LogP contribution >= 0.6 is 0 Å². The van der Waals surface area contributed by atoms with Crippen LogP contribution in [-0.4, -0.2) is 0 Å². The summed E-state index contributed by atoms with van der Waals surface area (Å²) in [5, 5.41) is 0. The number of rotatable bonds is 1. The molecule has 0 aliphatic heterocycles. The Hall–Kier alpha value is 0. The molecule has 0 aromatic carbocycles. The van der Waals surface area contributed by atoms with E-state index in [1.165, 1.54) is 12.8 Å². The summed E-state index contributed by atoms with van der Waals surface area (Å²) in [6.07, 6.45) is 9.23. The lowest BCUT2D eigenvalue weighted by atomic mass is 9.61. The molecule has 3 saturated carbocycles. The highest BCUT2D eigenvalue weighted by Crippen LogP contribution is 2.64. The summed E-state index contributed by atoms with van der Waals surface area (Å²) in [7, 11) is 0. The minimum Gasteiger partial charge on any atom is -0.0625 e. The molecule has 6 unspecified atom stereocenters. The van der Waals surface area contributed by atoms with E-state index < -0.39 is 0 Å². The van der Waals surface area contributed by atoms with Crippen molar-refractivity contribution in [1.82, 2.24) is 0 Å². The van der Waals surface area contributed by atoms with Crippen molar-refractivity contribution in [3.05, 3.63) is 0 Å². The molecule has 0 N–H and O–H groups in total. The highest BCUT2D eigenvalue weighted by molar-refractivity contribution is 5.05. The molecule has 3 aliphatic rings. The molecule has 0 aromatic heterocycles. The van der Waals surface area contributed by atoms with E-state index in [-0.39, 0.29) is 0 Å². The second-order valence-corrected chi connectivity index (χ2v) is 8.14. The van der Waals surface area contributed by atoms with Gasteiger partial charge in [0.05, 0.1) is 0 Å². The maximum Gasteiger partial charge on any atom is -0.0297 e. The zero-order chi connectivity index (χ0) is 12.2. The van der Waals surface area contributed by atoms with Crippen LogP contribution in [0.4, 0.5) is 0 Å². The molecule has 3 rings (SSSR count). The molecule has 0 radical (unpaired) electrons. The van der Waals surface area contributed by atoms with Gasteiger partial charge in [-0.25, -0.2) is 0 Å². The SMILES string of the molecule is CC1CCCC(C2CC3CC2C(C)C3(C)C)C1. The lowest BCUT2D eigenvalue weighted by molar-refractivity contribution is 0.0508. The Kier molecular flexibility index (Phi) is 2.84. The van der Waals surface area contributed by atoms with Gasteiger partial charge < -0.3 is 0 Å². The summed E-state index contributed by atoms with van der Waals surface area (Å²) in [5.74, 6) is 6.30. The third kappa shape index (κ3) is 1.78. The van der Waals surface area contributed by atoms with Crippen LogP contribution in [0.3, 0.4) is 0 Å². The van der Waals surface area contributed by atoms with Gasteiger partial charge in [-0.15, -0.1) is 0 Å². The van der Waals surface area contributed by atoms with Gasteiger partial charge >= 0.3 is 0 Å². The third-order valence-corrected chi connectivity index (χ3v) is 7.11. The lowest BCUT2D eigenvalue weighted by Crippen LogP contribution is -2.36. The molecule has 2 bridgehead atoms. The van der Waals surface area contributed by atoms with Gasteiger partial charge in [0.2, 0.25) is 0 Å². The summed E-state index contributed by atoms with van der Waals surface area (Å²) in [6.45, 7) is 10.1. The zero-order valence-corrected chi connectivity index (χ0v) is 12.2. The normalized spacial score (nSPS) is 52.9. The van der Waals surface area contributed by atoms with Gasteiger partial charge in [0.1, 0.15) is 0 Å². The van der Waals surface area contributed by atoms with Gasteiger partial charge in [0, 0.05) is 0 Å². The van der Waals surface area contributed by atoms with E-state index in [1.54, 1.807) is 25.7 Å². The van der Waals surface area contributed by atoms with E-state index in [0.717, 1.165) is 35.5 Å². The number of fused-ring (bicyclic) bond motifs is 2. The van der Waals surface area contributed by atoms with Crippen LogP contribution in [0.5, 0.6) is 0 Å². The topological polar surface area (TPSA) is 0 Å². The molecule has 6 atom stereocenters. The smallest absolute Gasteiger partial charge is 0.0297 e. The first kappa shape index (κ1) is 12.1. The molecule has 3 fully saturated rings.